The summed E-state index contributed by atoms with van der Waals surface area (Å²) in [7, 11) is 0. The molecule has 3 saturated heterocycles. The zero-order valence-corrected chi connectivity index (χ0v) is 15.8. The van der Waals surface area contributed by atoms with Crippen molar-refractivity contribution in [2.24, 2.45) is 5.92 Å². The molecule has 0 N–H and O–H groups in total. The van der Waals surface area contributed by atoms with E-state index in [9.17, 15) is 9.59 Å². The van der Waals surface area contributed by atoms with Crippen LogP contribution in [0.1, 0.15) is 24.9 Å². The predicted octanol–water partition coefficient (Wildman–Crippen LogP) is 3.27. The number of rotatable bonds is 2. The molecule has 3 fully saturated rings. The highest BCUT2D eigenvalue weighted by atomic mass is 35.5. The van der Waals surface area contributed by atoms with Gasteiger partial charge in [0.1, 0.15) is 5.54 Å². The van der Waals surface area contributed by atoms with Gasteiger partial charge in [0.15, 0.2) is 0 Å². The van der Waals surface area contributed by atoms with Gasteiger partial charge in [-0.1, -0.05) is 48.0 Å². The first-order chi connectivity index (χ1) is 13.0. The Kier molecular flexibility index (Phi) is 3.69. The average Bonchev–Trinajstić information content (AvgIpc) is 3.28. The van der Waals surface area contributed by atoms with E-state index in [0.29, 0.717) is 10.7 Å². The number of anilines is 1. The standard InChI is InChI=1S/C21H20ClN3O2/c1-21-17(19(26)25(20(21)27)16-10-5-9-15(22)13-16)18(14-7-3-2-4-8-14)23-11-6-12-24(21)23/h2-5,7-10,13,17-18H,6,11-12H2,1H3/t17-,18+,21+/m0/s1. The molecule has 2 aromatic carbocycles. The molecule has 0 aromatic heterocycles. The summed E-state index contributed by atoms with van der Waals surface area (Å²) >= 11 is 6.12. The molecule has 5 nitrogen and oxygen atoms in total. The van der Waals surface area contributed by atoms with E-state index in [-0.39, 0.29) is 17.9 Å². The Bertz CT molecular complexity index is 934. The Labute approximate surface area is 163 Å². The van der Waals surface area contributed by atoms with Gasteiger partial charge in [0.05, 0.1) is 17.6 Å². The fourth-order valence-electron chi connectivity index (χ4n) is 5.02. The first-order valence-corrected chi connectivity index (χ1v) is 9.64. The minimum atomic E-state index is -0.865. The van der Waals surface area contributed by atoms with Gasteiger partial charge in [0.2, 0.25) is 5.91 Å². The number of hydrogen-bond donors (Lipinski definition) is 0. The van der Waals surface area contributed by atoms with Crippen molar-refractivity contribution in [2.75, 3.05) is 18.0 Å². The van der Waals surface area contributed by atoms with Crippen LogP contribution in [0, 0.1) is 5.92 Å². The molecule has 0 saturated carbocycles. The topological polar surface area (TPSA) is 43.9 Å². The second-order valence-corrected chi connectivity index (χ2v) is 8.02. The van der Waals surface area contributed by atoms with Crippen LogP contribution in [0.5, 0.6) is 0 Å². The molecule has 5 rings (SSSR count). The first kappa shape index (κ1) is 16.9. The average molecular weight is 382 g/mol. The van der Waals surface area contributed by atoms with Gasteiger partial charge in [0, 0.05) is 18.1 Å². The maximum Gasteiger partial charge on any atom is 0.256 e. The minimum absolute atomic E-state index is 0.126. The van der Waals surface area contributed by atoms with E-state index < -0.39 is 11.5 Å². The number of nitrogens with zero attached hydrogens (tertiary/aromatic N) is 3. The SMILES string of the molecule is C[C@]12C(=O)N(c3cccc(Cl)c3)C(=O)[C@@H]1[C@@H](c1ccccc1)N1CCCN12. The van der Waals surface area contributed by atoms with Crippen LogP contribution in [-0.4, -0.2) is 40.5 Å². The highest BCUT2D eigenvalue weighted by molar-refractivity contribution is 6.31. The fraction of sp³-hybridized carbons (Fsp3) is 0.333. The number of carbonyl (C=O) groups is 2. The summed E-state index contributed by atoms with van der Waals surface area (Å²) in [6, 6.07) is 16.9. The summed E-state index contributed by atoms with van der Waals surface area (Å²) in [4.78, 5) is 28.4. The van der Waals surface area contributed by atoms with E-state index in [0.717, 1.165) is 25.1 Å². The molecule has 6 heteroatoms. The highest BCUT2D eigenvalue weighted by Crippen LogP contribution is 2.54. The Morgan fingerprint density at radius 2 is 1.81 bits per heavy atom. The van der Waals surface area contributed by atoms with E-state index >= 15 is 0 Å². The number of fused-ring (bicyclic) bond motifs is 3. The van der Waals surface area contributed by atoms with Crippen molar-refractivity contribution in [3.8, 4) is 0 Å². The van der Waals surface area contributed by atoms with Crippen molar-refractivity contribution in [3.05, 3.63) is 65.2 Å². The summed E-state index contributed by atoms with van der Waals surface area (Å²) < 4.78 is 0. The lowest BCUT2D eigenvalue weighted by molar-refractivity contribution is -0.131. The van der Waals surface area contributed by atoms with Crippen molar-refractivity contribution < 1.29 is 9.59 Å². The summed E-state index contributed by atoms with van der Waals surface area (Å²) in [5.74, 6) is -0.746. The molecule has 3 aliphatic heterocycles. The van der Waals surface area contributed by atoms with Crippen LogP contribution in [0.25, 0.3) is 0 Å². The highest BCUT2D eigenvalue weighted by Gasteiger charge is 2.70. The summed E-state index contributed by atoms with van der Waals surface area (Å²) in [5, 5.41) is 4.86. The van der Waals surface area contributed by atoms with Gasteiger partial charge in [-0.25, -0.2) is 14.9 Å². The third-order valence-corrected chi connectivity index (χ3v) is 6.41. The third-order valence-electron chi connectivity index (χ3n) is 6.18. The zero-order valence-electron chi connectivity index (χ0n) is 15.0. The van der Waals surface area contributed by atoms with E-state index in [4.69, 9.17) is 11.6 Å². The van der Waals surface area contributed by atoms with Crippen LogP contribution >= 0.6 is 11.6 Å². The van der Waals surface area contributed by atoms with Crippen LogP contribution in [0.4, 0.5) is 5.69 Å². The summed E-state index contributed by atoms with van der Waals surface area (Å²) in [5.41, 5.74) is 0.758. The largest absolute Gasteiger partial charge is 0.274 e. The number of hydrazine groups is 1. The van der Waals surface area contributed by atoms with Gasteiger partial charge in [-0.05, 0) is 37.1 Å². The minimum Gasteiger partial charge on any atom is -0.274 e. The smallest absolute Gasteiger partial charge is 0.256 e. The number of hydrogen-bond acceptors (Lipinski definition) is 4. The summed E-state index contributed by atoms with van der Waals surface area (Å²) in [6.07, 6.45) is 0.990. The summed E-state index contributed by atoms with van der Waals surface area (Å²) in [6.45, 7) is 3.58. The van der Waals surface area contributed by atoms with E-state index in [2.05, 4.69) is 10.0 Å². The Morgan fingerprint density at radius 1 is 1.04 bits per heavy atom. The van der Waals surface area contributed by atoms with Crippen molar-refractivity contribution in [2.45, 2.75) is 24.9 Å². The molecule has 0 unspecified atom stereocenters. The Morgan fingerprint density at radius 3 is 2.56 bits per heavy atom. The molecule has 0 spiro atoms. The predicted molar refractivity (Wildman–Crippen MR) is 103 cm³/mol. The maximum absolute atomic E-state index is 13.5. The van der Waals surface area contributed by atoms with Gasteiger partial charge < -0.3 is 0 Å². The zero-order chi connectivity index (χ0) is 18.8. The van der Waals surface area contributed by atoms with Gasteiger partial charge >= 0.3 is 0 Å². The molecular weight excluding hydrogens is 362 g/mol. The number of benzene rings is 2. The van der Waals surface area contributed by atoms with Crippen molar-refractivity contribution in [1.82, 2.24) is 10.0 Å². The van der Waals surface area contributed by atoms with Crippen molar-refractivity contribution >= 4 is 29.1 Å². The molecule has 0 bridgehead atoms. The molecule has 3 aliphatic rings. The van der Waals surface area contributed by atoms with E-state index in [1.54, 1.807) is 24.3 Å². The maximum atomic E-state index is 13.5. The quantitative estimate of drug-likeness (QED) is 0.749. The normalized spacial score (nSPS) is 30.8. The molecule has 3 heterocycles. The van der Waals surface area contributed by atoms with Gasteiger partial charge in [-0.15, -0.1) is 0 Å². The third kappa shape index (κ3) is 2.19. The Balaban J connectivity index is 1.65. The molecule has 138 valence electrons. The lowest BCUT2D eigenvalue weighted by Crippen LogP contribution is -2.52. The lowest BCUT2D eigenvalue weighted by atomic mass is 9.81. The van der Waals surface area contributed by atoms with Gasteiger partial charge in [-0.2, -0.15) is 0 Å². The fourth-order valence-corrected chi connectivity index (χ4v) is 5.20. The number of amides is 2. The van der Waals surface area contributed by atoms with E-state index in [1.165, 1.54) is 4.90 Å². The van der Waals surface area contributed by atoms with Crippen LogP contribution < -0.4 is 4.90 Å². The number of halogens is 1. The van der Waals surface area contributed by atoms with Crippen molar-refractivity contribution in [3.63, 3.8) is 0 Å². The van der Waals surface area contributed by atoms with Gasteiger partial charge in [-0.3, -0.25) is 9.59 Å². The second-order valence-electron chi connectivity index (χ2n) is 7.58. The molecule has 27 heavy (non-hydrogen) atoms. The molecular formula is C21H20ClN3O2. The second kappa shape index (κ2) is 5.89. The number of carbonyl (C=O) groups excluding carboxylic acids is 2. The molecule has 3 atom stereocenters. The monoisotopic (exact) mass is 381 g/mol. The van der Waals surface area contributed by atoms with Crippen LogP contribution in [0.15, 0.2) is 54.6 Å². The molecule has 2 amide bonds. The lowest BCUT2D eigenvalue weighted by Gasteiger charge is -2.33. The molecule has 2 aromatic rings. The van der Waals surface area contributed by atoms with Crippen molar-refractivity contribution in [1.29, 1.82) is 0 Å². The van der Waals surface area contributed by atoms with Crippen LogP contribution in [0.3, 0.4) is 0 Å². The van der Waals surface area contributed by atoms with Gasteiger partial charge in [0.25, 0.3) is 5.91 Å². The molecule has 0 radical (unpaired) electrons. The van der Waals surface area contributed by atoms with E-state index in [1.807, 2.05) is 37.3 Å². The number of imide groups is 1. The van der Waals surface area contributed by atoms with Crippen LogP contribution in [0.2, 0.25) is 5.02 Å². The first-order valence-electron chi connectivity index (χ1n) is 9.26. The Hall–Kier alpha value is -2.21. The van der Waals surface area contributed by atoms with Crippen LogP contribution in [-0.2, 0) is 9.59 Å². The molecule has 0 aliphatic carbocycles.